The molecule has 0 spiro atoms. The third-order valence-corrected chi connectivity index (χ3v) is 3.38. The van der Waals surface area contributed by atoms with Crippen LogP contribution in [0.2, 0.25) is 0 Å². The van der Waals surface area contributed by atoms with Gasteiger partial charge in [-0.15, -0.1) is 0 Å². The van der Waals surface area contributed by atoms with Crippen LogP contribution in [0.5, 0.6) is 0 Å². The summed E-state index contributed by atoms with van der Waals surface area (Å²) < 4.78 is 1.01. The second-order valence-electron chi connectivity index (χ2n) is 4.81. The first-order chi connectivity index (χ1) is 8.49. The number of hydrogen-bond acceptors (Lipinski definition) is 2. The molecule has 3 N–H and O–H groups in total. The molecule has 0 saturated heterocycles. The first-order valence-electron chi connectivity index (χ1n) is 6.31. The maximum Gasteiger partial charge on any atom is 0.227 e. The van der Waals surface area contributed by atoms with Crippen molar-refractivity contribution in [2.24, 2.45) is 11.7 Å². The van der Waals surface area contributed by atoms with E-state index in [4.69, 9.17) is 5.73 Å². The zero-order valence-corrected chi connectivity index (χ0v) is 12.5. The zero-order valence-electron chi connectivity index (χ0n) is 10.9. The van der Waals surface area contributed by atoms with E-state index in [1.54, 1.807) is 0 Å². The van der Waals surface area contributed by atoms with Gasteiger partial charge in [-0.1, -0.05) is 29.3 Å². The number of carbonyl (C=O) groups excluding carboxylic acids is 1. The molecule has 100 valence electrons. The number of rotatable bonds is 6. The number of amides is 1. The largest absolute Gasteiger partial charge is 0.328 e. The van der Waals surface area contributed by atoms with Crippen LogP contribution in [0.1, 0.15) is 33.1 Å². The number of nitrogens with one attached hydrogen (secondary N) is 1. The Labute approximate surface area is 117 Å². The van der Waals surface area contributed by atoms with Crippen LogP contribution in [0.4, 0.5) is 5.69 Å². The van der Waals surface area contributed by atoms with Crippen molar-refractivity contribution < 1.29 is 4.79 Å². The van der Waals surface area contributed by atoms with Gasteiger partial charge < -0.3 is 11.1 Å². The third kappa shape index (κ3) is 5.65. The second-order valence-corrected chi connectivity index (χ2v) is 5.72. The van der Waals surface area contributed by atoms with E-state index in [9.17, 15) is 4.79 Å². The summed E-state index contributed by atoms with van der Waals surface area (Å²) in [4.78, 5) is 11.9. The quantitative estimate of drug-likeness (QED) is 0.844. The molecule has 0 fully saturated rings. The van der Waals surface area contributed by atoms with E-state index in [1.807, 2.05) is 38.1 Å². The van der Waals surface area contributed by atoms with Crippen molar-refractivity contribution in [3.05, 3.63) is 28.7 Å². The van der Waals surface area contributed by atoms with Crippen LogP contribution in [0.25, 0.3) is 0 Å². The standard InChI is InChI=1S/C14H21BrN2O/c1-10(4-3-5-11(2)16)14(18)17-13-8-6-12(15)7-9-13/h6-11H,3-5,16H2,1-2H3,(H,17,18). The van der Waals surface area contributed by atoms with Crippen LogP contribution in [-0.4, -0.2) is 11.9 Å². The Balaban J connectivity index is 2.37. The molecule has 0 radical (unpaired) electrons. The smallest absolute Gasteiger partial charge is 0.227 e. The predicted octanol–water partition coefficient (Wildman–Crippen LogP) is 3.54. The van der Waals surface area contributed by atoms with Crippen LogP contribution in [0.15, 0.2) is 28.7 Å². The molecular formula is C14H21BrN2O. The first-order valence-corrected chi connectivity index (χ1v) is 7.10. The molecule has 0 aromatic heterocycles. The van der Waals surface area contributed by atoms with Crippen molar-refractivity contribution >= 4 is 27.5 Å². The summed E-state index contributed by atoms with van der Waals surface area (Å²) >= 11 is 3.36. The summed E-state index contributed by atoms with van der Waals surface area (Å²) in [6.07, 6.45) is 2.84. The molecule has 1 aromatic rings. The average Bonchev–Trinajstić information content (AvgIpc) is 2.31. The molecule has 3 nitrogen and oxygen atoms in total. The van der Waals surface area contributed by atoms with Gasteiger partial charge in [0.05, 0.1) is 0 Å². The van der Waals surface area contributed by atoms with E-state index in [-0.39, 0.29) is 17.9 Å². The molecule has 2 unspecified atom stereocenters. The lowest BCUT2D eigenvalue weighted by Crippen LogP contribution is -2.21. The molecule has 0 bridgehead atoms. The second kappa shape index (κ2) is 7.54. The van der Waals surface area contributed by atoms with Crippen molar-refractivity contribution in [3.8, 4) is 0 Å². The SMILES string of the molecule is CC(N)CCCC(C)C(=O)Nc1ccc(Br)cc1. The Morgan fingerprint density at radius 2 is 1.89 bits per heavy atom. The van der Waals surface area contributed by atoms with Gasteiger partial charge in [0, 0.05) is 22.1 Å². The van der Waals surface area contributed by atoms with Gasteiger partial charge in [0.25, 0.3) is 0 Å². The summed E-state index contributed by atoms with van der Waals surface area (Å²) in [6, 6.07) is 7.81. The Morgan fingerprint density at radius 1 is 1.28 bits per heavy atom. The van der Waals surface area contributed by atoms with Crippen molar-refractivity contribution in [2.75, 3.05) is 5.32 Å². The van der Waals surface area contributed by atoms with Crippen molar-refractivity contribution in [2.45, 2.75) is 39.2 Å². The van der Waals surface area contributed by atoms with Gasteiger partial charge in [-0.3, -0.25) is 4.79 Å². The van der Waals surface area contributed by atoms with E-state index >= 15 is 0 Å². The first kappa shape index (κ1) is 15.2. The van der Waals surface area contributed by atoms with Gasteiger partial charge in [-0.25, -0.2) is 0 Å². The molecule has 1 amide bonds. The Morgan fingerprint density at radius 3 is 2.44 bits per heavy atom. The topological polar surface area (TPSA) is 55.1 Å². The Hall–Kier alpha value is -0.870. The number of benzene rings is 1. The lowest BCUT2D eigenvalue weighted by Gasteiger charge is -2.13. The molecule has 0 saturated carbocycles. The summed E-state index contributed by atoms with van der Waals surface area (Å²) in [5, 5.41) is 2.92. The fourth-order valence-corrected chi connectivity index (χ4v) is 1.94. The van der Waals surface area contributed by atoms with Crippen molar-refractivity contribution in [1.82, 2.24) is 0 Å². The highest BCUT2D eigenvalue weighted by Gasteiger charge is 2.12. The van der Waals surface area contributed by atoms with Gasteiger partial charge in [0.2, 0.25) is 5.91 Å². The minimum atomic E-state index is 0.0207. The zero-order chi connectivity index (χ0) is 13.5. The average molecular weight is 313 g/mol. The summed E-state index contributed by atoms with van der Waals surface area (Å²) in [6.45, 7) is 3.95. The normalized spacial score (nSPS) is 14.0. The lowest BCUT2D eigenvalue weighted by atomic mass is 10.0. The van der Waals surface area contributed by atoms with E-state index in [2.05, 4.69) is 21.2 Å². The van der Waals surface area contributed by atoms with Gasteiger partial charge in [-0.2, -0.15) is 0 Å². The lowest BCUT2D eigenvalue weighted by molar-refractivity contribution is -0.119. The molecule has 1 aromatic carbocycles. The summed E-state index contributed by atoms with van der Waals surface area (Å²) in [7, 11) is 0. The Bertz CT molecular complexity index is 376. The van der Waals surface area contributed by atoms with E-state index < -0.39 is 0 Å². The number of nitrogens with two attached hydrogens (primary N) is 1. The number of halogens is 1. The third-order valence-electron chi connectivity index (χ3n) is 2.86. The van der Waals surface area contributed by atoms with E-state index in [0.717, 1.165) is 29.4 Å². The molecule has 0 aliphatic rings. The van der Waals surface area contributed by atoms with Gasteiger partial charge in [-0.05, 0) is 44.0 Å². The Kier molecular flexibility index (Phi) is 6.36. The van der Waals surface area contributed by atoms with Crippen LogP contribution in [0.3, 0.4) is 0 Å². The molecule has 0 aliphatic carbocycles. The van der Waals surface area contributed by atoms with Gasteiger partial charge >= 0.3 is 0 Å². The van der Waals surface area contributed by atoms with Crippen LogP contribution >= 0.6 is 15.9 Å². The predicted molar refractivity (Wildman–Crippen MR) is 79.4 cm³/mol. The van der Waals surface area contributed by atoms with E-state index in [0.29, 0.717) is 0 Å². The highest BCUT2D eigenvalue weighted by molar-refractivity contribution is 9.10. The molecule has 4 heteroatoms. The van der Waals surface area contributed by atoms with E-state index in [1.165, 1.54) is 0 Å². The minimum absolute atomic E-state index is 0.0207. The van der Waals surface area contributed by atoms with Crippen molar-refractivity contribution in [1.29, 1.82) is 0 Å². The molecule has 18 heavy (non-hydrogen) atoms. The summed E-state index contributed by atoms with van der Waals surface area (Å²) in [5.41, 5.74) is 6.52. The maximum absolute atomic E-state index is 11.9. The molecule has 0 aliphatic heterocycles. The van der Waals surface area contributed by atoms with Crippen LogP contribution < -0.4 is 11.1 Å². The summed E-state index contributed by atoms with van der Waals surface area (Å²) in [5.74, 6) is 0.0920. The highest BCUT2D eigenvalue weighted by atomic mass is 79.9. The number of hydrogen-bond donors (Lipinski definition) is 2. The van der Waals surface area contributed by atoms with Gasteiger partial charge in [0.15, 0.2) is 0 Å². The fraction of sp³-hybridized carbons (Fsp3) is 0.500. The maximum atomic E-state index is 11.9. The van der Waals surface area contributed by atoms with Crippen LogP contribution in [0, 0.1) is 5.92 Å². The minimum Gasteiger partial charge on any atom is -0.328 e. The molecule has 1 rings (SSSR count). The number of anilines is 1. The molecular weight excluding hydrogens is 292 g/mol. The molecule has 2 atom stereocenters. The monoisotopic (exact) mass is 312 g/mol. The number of carbonyl (C=O) groups is 1. The van der Waals surface area contributed by atoms with Gasteiger partial charge in [0.1, 0.15) is 0 Å². The van der Waals surface area contributed by atoms with Crippen LogP contribution in [-0.2, 0) is 4.79 Å². The fourth-order valence-electron chi connectivity index (χ4n) is 1.68. The molecule has 0 heterocycles. The van der Waals surface area contributed by atoms with Crippen molar-refractivity contribution in [3.63, 3.8) is 0 Å². The highest BCUT2D eigenvalue weighted by Crippen LogP contribution is 2.16.